The standard InChI is InChI=1S/C35H44N8O5/c1-5-24-30(40-12-13-41(26-7-6-25(26)40)33(46)23-16-36-11-8-27(23)47-4)31(45)29-32(39-43(38-29)22-9-14-48-15-10-22)42(24)17-28(44)37-35-18-34(19-35,20-35)21(2)3/h8-9,11,16,21,25-26H,5-7,10,12-15,17-20H2,1-4H3,(H,37,44)/t25-,26-,34?,35?/m0/s1. The van der Waals surface area contributed by atoms with Crippen LogP contribution in [0.4, 0.5) is 5.69 Å². The molecule has 2 atom stereocenters. The minimum atomic E-state index is -0.185. The first-order valence-corrected chi connectivity index (χ1v) is 17.3. The highest BCUT2D eigenvalue weighted by Gasteiger charge is 2.69. The van der Waals surface area contributed by atoms with E-state index in [9.17, 15) is 14.4 Å². The molecule has 1 N–H and O–H groups in total. The Bertz CT molecular complexity index is 1880. The first kappa shape index (κ1) is 31.0. The van der Waals surface area contributed by atoms with Crippen molar-refractivity contribution in [2.45, 2.75) is 89.9 Å². The van der Waals surface area contributed by atoms with Gasteiger partial charge in [0.15, 0.2) is 11.2 Å². The zero-order chi connectivity index (χ0) is 33.4. The second-order valence-corrected chi connectivity index (χ2v) is 14.6. The van der Waals surface area contributed by atoms with Gasteiger partial charge in [0.25, 0.3) is 5.91 Å². The number of methoxy groups -OCH3 is 1. The lowest BCUT2D eigenvalue weighted by atomic mass is 9.36. The van der Waals surface area contributed by atoms with E-state index in [-0.39, 0.29) is 46.9 Å². The molecule has 0 unspecified atom stereocenters. The number of anilines is 1. The summed E-state index contributed by atoms with van der Waals surface area (Å²) in [6, 6.07) is 1.60. The fraction of sp³-hybridized carbons (Fsp3) is 0.600. The largest absolute Gasteiger partial charge is 0.496 e. The average Bonchev–Trinajstić information content (AvgIpc) is 3.49. The van der Waals surface area contributed by atoms with Gasteiger partial charge in [0.2, 0.25) is 11.3 Å². The first-order chi connectivity index (χ1) is 23.2. The number of carbonyl (C=O) groups excluding carboxylic acids is 2. The third-order valence-electron chi connectivity index (χ3n) is 11.8. The van der Waals surface area contributed by atoms with Crippen LogP contribution in [0.5, 0.6) is 5.75 Å². The second-order valence-electron chi connectivity index (χ2n) is 14.6. The van der Waals surface area contributed by atoms with E-state index in [1.807, 2.05) is 22.5 Å². The molecular formula is C35H44N8O5. The van der Waals surface area contributed by atoms with Crippen LogP contribution >= 0.6 is 0 Å². The molecule has 3 aromatic rings. The minimum Gasteiger partial charge on any atom is -0.496 e. The van der Waals surface area contributed by atoms with Crippen molar-refractivity contribution >= 4 is 34.4 Å². The zero-order valence-electron chi connectivity index (χ0n) is 28.2. The number of amides is 2. The second kappa shape index (κ2) is 11.4. The van der Waals surface area contributed by atoms with Gasteiger partial charge in [-0.25, -0.2) is 0 Å². The van der Waals surface area contributed by atoms with Crippen LogP contribution in [0.3, 0.4) is 0 Å². The van der Waals surface area contributed by atoms with Crippen LogP contribution in [0, 0.1) is 11.3 Å². The Hall–Kier alpha value is -4.26. The molecule has 3 aromatic heterocycles. The Morgan fingerprint density at radius 3 is 2.60 bits per heavy atom. The minimum absolute atomic E-state index is 0.0377. The van der Waals surface area contributed by atoms with Gasteiger partial charge in [-0.05, 0) is 62.0 Å². The third-order valence-corrected chi connectivity index (χ3v) is 11.8. The molecule has 9 rings (SSSR count). The number of nitrogens with one attached hydrogen (secondary N) is 1. The molecule has 4 saturated carbocycles. The lowest BCUT2D eigenvalue weighted by Crippen LogP contribution is -2.76. The summed E-state index contributed by atoms with van der Waals surface area (Å²) in [4.78, 5) is 51.8. The van der Waals surface area contributed by atoms with E-state index in [2.05, 4.69) is 29.0 Å². The predicted molar refractivity (Wildman–Crippen MR) is 179 cm³/mol. The summed E-state index contributed by atoms with van der Waals surface area (Å²) in [7, 11) is 1.55. The van der Waals surface area contributed by atoms with E-state index in [0.29, 0.717) is 73.1 Å². The fourth-order valence-corrected chi connectivity index (χ4v) is 9.01. The highest BCUT2D eigenvalue weighted by molar-refractivity contribution is 5.97. The van der Waals surface area contributed by atoms with Crippen LogP contribution in [-0.4, -0.2) is 92.3 Å². The van der Waals surface area contributed by atoms with Gasteiger partial charge in [-0.1, -0.05) is 20.8 Å². The van der Waals surface area contributed by atoms with Crippen LogP contribution in [0.1, 0.15) is 75.3 Å². The zero-order valence-corrected chi connectivity index (χ0v) is 28.2. The Balaban J connectivity index is 1.15. The molecule has 5 fully saturated rings. The first-order valence-electron chi connectivity index (χ1n) is 17.3. The predicted octanol–water partition coefficient (Wildman–Crippen LogP) is 3.01. The topological polar surface area (TPSA) is 137 Å². The van der Waals surface area contributed by atoms with E-state index in [0.717, 1.165) is 43.5 Å². The molecule has 0 radical (unpaired) electrons. The molecule has 6 aliphatic rings. The van der Waals surface area contributed by atoms with E-state index >= 15 is 0 Å². The molecule has 1 saturated heterocycles. The molecule has 4 aliphatic carbocycles. The summed E-state index contributed by atoms with van der Waals surface area (Å²) in [5.41, 5.74) is 3.38. The number of rotatable bonds is 9. The van der Waals surface area contributed by atoms with Crippen molar-refractivity contribution in [2.75, 3.05) is 38.3 Å². The molecular weight excluding hydrogens is 612 g/mol. The van der Waals surface area contributed by atoms with E-state index in [4.69, 9.17) is 19.7 Å². The third kappa shape index (κ3) is 4.67. The van der Waals surface area contributed by atoms with Crippen molar-refractivity contribution in [3.8, 4) is 5.75 Å². The number of fused-ring (bicyclic) bond motifs is 2. The van der Waals surface area contributed by atoms with Gasteiger partial charge in [0.1, 0.15) is 18.0 Å². The molecule has 0 aromatic carbocycles. The van der Waals surface area contributed by atoms with Gasteiger partial charge in [0, 0.05) is 49.2 Å². The van der Waals surface area contributed by atoms with Gasteiger partial charge in [0.05, 0.1) is 37.6 Å². The maximum atomic E-state index is 14.5. The van der Waals surface area contributed by atoms with Gasteiger partial charge < -0.3 is 29.2 Å². The van der Waals surface area contributed by atoms with Crippen molar-refractivity contribution in [3.05, 3.63) is 46.0 Å². The SMILES string of the molecule is CCc1c(N2CCN(C(=O)c3cnccc3OC)[C@H]3CC[C@@H]32)c(=O)c2nn(C3=CCOCC3)nc2n1CC(=O)NC12CC(C(C)C)(C1)C2. The highest BCUT2D eigenvalue weighted by atomic mass is 16.5. The highest BCUT2D eigenvalue weighted by Crippen LogP contribution is 2.70. The lowest BCUT2D eigenvalue weighted by molar-refractivity contribution is -0.187. The van der Waals surface area contributed by atoms with Crippen molar-refractivity contribution in [1.29, 1.82) is 0 Å². The quantitative estimate of drug-likeness (QED) is 0.369. The number of pyridine rings is 2. The molecule has 254 valence electrons. The molecule has 0 spiro atoms. The van der Waals surface area contributed by atoms with Crippen molar-refractivity contribution in [3.63, 3.8) is 0 Å². The summed E-state index contributed by atoms with van der Waals surface area (Å²) in [6.07, 6.45) is 11.0. The van der Waals surface area contributed by atoms with Crippen molar-refractivity contribution in [2.24, 2.45) is 11.3 Å². The molecule has 2 bridgehead atoms. The Kier molecular flexibility index (Phi) is 7.39. The Labute approximate surface area is 279 Å². The van der Waals surface area contributed by atoms with Gasteiger partial charge in [-0.15, -0.1) is 10.2 Å². The maximum absolute atomic E-state index is 14.5. The molecule has 13 nitrogen and oxygen atoms in total. The van der Waals surface area contributed by atoms with Crippen molar-refractivity contribution < 1.29 is 19.1 Å². The van der Waals surface area contributed by atoms with Crippen LogP contribution in [-0.2, 0) is 22.5 Å². The van der Waals surface area contributed by atoms with E-state index in [1.54, 1.807) is 30.4 Å². The molecule has 2 aliphatic heterocycles. The van der Waals surface area contributed by atoms with Crippen LogP contribution in [0.2, 0.25) is 0 Å². The fourth-order valence-electron chi connectivity index (χ4n) is 9.01. The summed E-state index contributed by atoms with van der Waals surface area (Å²) in [5, 5.41) is 12.9. The maximum Gasteiger partial charge on any atom is 0.259 e. The van der Waals surface area contributed by atoms with Crippen LogP contribution in [0.25, 0.3) is 16.9 Å². The average molecular weight is 657 g/mol. The van der Waals surface area contributed by atoms with Crippen LogP contribution in [0.15, 0.2) is 29.3 Å². The molecule has 13 heteroatoms. The number of nitrogens with zero attached hydrogens (tertiary/aromatic N) is 7. The summed E-state index contributed by atoms with van der Waals surface area (Å²) >= 11 is 0. The van der Waals surface area contributed by atoms with E-state index < -0.39 is 0 Å². The van der Waals surface area contributed by atoms with Gasteiger partial charge in [-0.2, -0.15) is 4.80 Å². The molecule has 48 heavy (non-hydrogen) atoms. The number of aromatic nitrogens is 5. The lowest BCUT2D eigenvalue weighted by Gasteiger charge is -2.72. The normalized spacial score (nSPS) is 27.5. The monoisotopic (exact) mass is 656 g/mol. The van der Waals surface area contributed by atoms with Crippen LogP contribution < -0.4 is 20.4 Å². The number of ether oxygens (including phenoxy) is 2. The molecule has 5 heterocycles. The number of hydrogen-bond donors (Lipinski definition) is 1. The van der Waals surface area contributed by atoms with Gasteiger partial charge in [-0.3, -0.25) is 19.4 Å². The smallest absolute Gasteiger partial charge is 0.259 e. The van der Waals surface area contributed by atoms with E-state index in [1.165, 1.54) is 0 Å². The number of hydrogen-bond acceptors (Lipinski definition) is 9. The summed E-state index contributed by atoms with van der Waals surface area (Å²) in [6.45, 7) is 8.55. The Morgan fingerprint density at radius 1 is 1.15 bits per heavy atom. The Morgan fingerprint density at radius 2 is 1.94 bits per heavy atom. The van der Waals surface area contributed by atoms with Crippen molar-refractivity contribution in [1.82, 2.24) is 34.8 Å². The number of piperazine rings is 1. The summed E-state index contributed by atoms with van der Waals surface area (Å²) in [5.74, 6) is 0.917. The molecule has 2 amide bonds. The van der Waals surface area contributed by atoms with Gasteiger partial charge >= 0.3 is 0 Å². The number of carbonyl (C=O) groups is 2. The summed E-state index contributed by atoms with van der Waals surface area (Å²) < 4.78 is 12.9.